The van der Waals surface area contributed by atoms with E-state index in [1.54, 1.807) is 0 Å². The Hall–Kier alpha value is -1.65. The van der Waals surface area contributed by atoms with Gasteiger partial charge in [0, 0.05) is 12.6 Å². The van der Waals surface area contributed by atoms with Crippen molar-refractivity contribution in [1.82, 2.24) is 14.9 Å². The topological polar surface area (TPSA) is 78.5 Å². The number of halogens is 3. The SMILES string of the molecule is CC(CN1CCCCC1)NC(=O)[C@H](C)NS(=O)(=O)c1ccccc1C(F)(F)F. The van der Waals surface area contributed by atoms with Gasteiger partial charge in [-0.25, -0.2) is 8.42 Å². The molecule has 1 aromatic carbocycles. The number of nitrogens with one attached hydrogen (secondary N) is 2. The Morgan fingerprint density at radius 2 is 1.75 bits per heavy atom. The Morgan fingerprint density at radius 3 is 2.36 bits per heavy atom. The molecule has 28 heavy (non-hydrogen) atoms. The fourth-order valence-corrected chi connectivity index (χ4v) is 4.66. The number of sulfonamides is 1. The van der Waals surface area contributed by atoms with E-state index < -0.39 is 38.6 Å². The van der Waals surface area contributed by atoms with Crippen molar-refractivity contribution in [2.45, 2.75) is 56.3 Å². The fourth-order valence-electron chi connectivity index (χ4n) is 3.23. The van der Waals surface area contributed by atoms with Crippen LogP contribution in [0.5, 0.6) is 0 Å². The lowest BCUT2D eigenvalue weighted by Crippen LogP contribution is -2.50. The maximum atomic E-state index is 13.1. The first-order chi connectivity index (χ1) is 13.0. The monoisotopic (exact) mass is 421 g/mol. The molecule has 2 N–H and O–H groups in total. The van der Waals surface area contributed by atoms with Crippen LogP contribution in [0.3, 0.4) is 0 Å². The van der Waals surface area contributed by atoms with Crippen molar-refractivity contribution in [2.24, 2.45) is 0 Å². The van der Waals surface area contributed by atoms with Crippen LogP contribution in [-0.2, 0) is 21.0 Å². The van der Waals surface area contributed by atoms with Gasteiger partial charge in [-0.15, -0.1) is 0 Å². The number of carbonyl (C=O) groups is 1. The van der Waals surface area contributed by atoms with Gasteiger partial charge in [0.1, 0.15) is 0 Å². The number of hydrogen-bond acceptors (Lipinski definition) is 4. The van der Waals surface area contributed by atoms with Crippen LogP contribution in [-0.4, -0.2) is 50.9 Å². The molecule has 0 aromatic heterocycles. The smallest absolute Gasteiger partial charge is 0.351 e. The van der Waals surface area contributed by atoms with Crippen molar-refractivity contribution < 1.29 is 26.4 Å². The minimum atomic E-state index is -4.82. The molecule has 1 unspecified atom stereocenters. The third-order valence-corrected chi connectivity index (χ3v) is 6.18. The zero-order valence-electron chi connectivity index (χ0n) is 15.9. The average molecular weight is 421 g/mol. The Labute approximate surface area is 163 Å². The molecular weight excluding hydrogens is 395 g/mol. The summed E-state index contributed by atoms with van der Waals surface area (Å²) in [6.07, 6.45) is -1.42. The van der Waals surface area contributed by atoms with Gasteiger partial charge in [-0.3, -0.25) is 4.79 Å². The zero-order valence-corrected chi connectivity index (χ0v) is 16.7. The molecule has 1 amide bonds. The second-order valence-corrected chi connectivity index (χ2v) is 8.79. The summed E-state index contributed by atoms with van der Waals surface area (Å²) in [5, 5.41) is 2.72. The lowest BCUT2D eigenvalue weighted by Gasteiger charge is -2.29. The number of piperidine rings is 1. The van der Waals surface area contributed by atoms with Gasteiger partial charge < -0.3 is 10.2 Å². The summed E-state index contributed by atoms with van der Waals surface area (Å²) in [6.45, 7) is 5.67. The highest BCUT2D eigenvalue weighted by Gasteiger charge is 2.37. The van der Waals surface area contributed by atoms with Gasteiger partial charge in [-0.1, -0.05) is 18.6 Å². The zero-order chi connectivity index (χ0) is 20.9. The van der Waals surface area contributed by atoms with E-state index in [-0.39, 0.29) is 6.04 Å². The second-order valence-electron chi connectivity index (χ2n) is 7.11. The maximum Gasteiger partial charge on any atom is 0.417 e. The van der Waals surface area contributed by atoms with Crippen LogP contribution < -0.4 is 10.0 Å². The molecule has 0 saturated carbocycles. The van der Waals surface area contributed by atoms with E-state index in [2.05, 4.69) is 10.2 Å². The molecule has 2 rings (SSSR count). The molecule has 0 aliphatic carbocycles. The Morgan fingerprint density at radius 1 is 1.14 bits per heavy atom. The molecule has 10 heteroatoms. The Balaban J connectivity index is 2.01. The number of likely N-dealkylation sites (tertiary alicyclic amines) is 1. The summed E-state index contributed by atoms with van der Waals surface area (Å²) in [5.41, 5.74) is -1.27. The standard InChI is InChI=1S/C18H26F3N3O3S/c1-13(12-24-10-6-3-7-11-24)22-17(25)14(2)23-28(26,27)16-9-5-4-8-15(16)18(19,20)21/h4-5,8-9,13-14,23H,3,6-7,10-12H2,1-2H3,(H,22,25)/t13?,14-/m0/s1. The number of carbonyl (C=O) groups excluding carboxylic acids is 1. The first kappa shape index (κ1) is 22.6. The summed E-state index contributed by atoms with van der Waals surface area (Å²) >= 11 is 0. The summed E-state index contributed by atoms with van der Waals surface area (Å²) < 4.78 is 66.2. The minimum Gasteiger partial charge on any atom is -0.351 e. The van der Waals surface area contributed by atoms with Crippen molar-refractivity contribution in [3.8, 4) is 0 Å². The molecule has 0 bridgehead atoms. The Kier molecular flexibility index (Phi) is 7.46. The number of alkyl halides is 3. The van der Waals surface area contributed by atoms with Crippen LogP contribution in [0.15, 0.2) is 29.2 Å². The van der Waals surface area contributed by atoms with Gasteiger partial charge in [0.15, 0.2) is 0 Å². The van der Waals surface area contributed by atoms with Gasteiger partial charge in [-0.05, 0) is 51.9 Å². The largest absolute Gasteiger partial charge is 0.417 e. The molecule has 1 saturated heterocycles. The predicted octanol–water partition coefficient (Wildman–Crippen LogP) is 2.36. The lowest BCUT2D eigenvalue weighted by atomic mass is 10.1. The highest BCUT2D eigenvalue weighted by Crippen LogP contribution is 2.33. The second kappa shape index (κ2) is 9.23. The highest BCUT2D eigenvalue weighted by atomic mass is 32.2. The predicted molar refractivity (Wildman–Crippen MR) is 99.1 cm³/mol. The van der Waals surface area contributed by atoms with Gasteiger partial charge in [0.2, 0.25) is 15.9 Å². The van der Waals surface area contributed by atoms with Crippen molar-refractivity contribution in [3.63, 3.8) is 0 Å². The molecule has 6 nitrogen and oxygen atoms in total. The molecule has 2 atom stereocenters. The summed E-state index contributed by atoms with van der Waals surface area (Å²) in [4.78, 5) is 13.6. The van der Waals surface area contributed by atoms with Crippen LogP contribution in [0.1, 0.15) is 38.7 Å². The number of benzene rings is 1. The van der Waals surface area contributed by atoms with E-state index in [9.17, 15) is 26.4 Å². The van der Waals surface area contributed by atoms with E-state index in [1.165, 1.54) is 19.4 Å². The van der Waals surface area contributed by atoms with Crippen molar-refractivity contribution in [1.29, 1.82) is 0 Å². The number of nitrogens with zero attached hydrogens (tertiary/aromatic N) is 1. The third-order valence-electron chi connectivity index (χ3n) is 4.58. The molecule has 1 heterocycles. The third kappa shape index (κ3) is 6.18. The van der Waals surface area contributed by atoms with Gasteiger partial charge >= 0.3 is 6.18 Å². The molecule has 1 aliphatic heterocycles. The van der Waals surface area contributed by atoms with E-state index >= 15 is 0 Å². The van der Waals surface area contributed by atoms with Crippen molar-refractivity contribution in [3.05, 3.63) is 29.8 Å². The normalized spacial score (nSPS) is 18.5. The fraction of sp³-hybridized carbons (Fsp3) is 0.611. The molecule has 0 radical (unpaired) electrons. The summed E-state index contributed by atoms with van der Waals surface area (Å²) in [5.74, 6) is -0.586. The minimum absolute atomic E-state index is 0.208. The number of hydrogen-bond donors (Lipinski definition) is 2. The van der Waals surface area contributed by atoms with Crippen LogP contribution in [0.25, 0.3) is 0 Å². The summed E-state index contributed by atoms with van der Waals surface area (Å²) in [7, 11) is -4.52. The molecule has 0 spiro atoms. The first-order valence-corrected chi connectivity index (χ1v) is 10.7. The van der Waals surface area contributed by atoms with Gasteiger partial charge in [0.05, 0.1) is 16.5 Å². The quantitative estimate of drug-likeness (QED) is 0.709. The van der Waals surface area contributed by atoms with E-state index in [4.69, 9.17) is 0 Å². The van der Waals surface area contributed by atoms with Crippen LogP contribution in [0, 0.1) is 0 Å². The van der Waals surface area contributed by atoms with Gasteiger partial charge in [-0.2, -0.15) is 17.9 Å². The van der Waals surface area contributed by atoms with Crippen LogP contribution in [0.2, 0.25) is 0 Å². The number of rotatable bonds is 7. The molecule has 1 fully saturated rings. The van der Waals surface area contributed by atoms with Crippen LogP contribution in [0.4, 0.5) is 13.2 Å². The molecule has 158 valence electrons. The maximum absolute atomic E-state index is 13.1. The van der Waals surface area contributed by atoms with E-state index in [0.717, 1.165) is 38.1 Å². The number of amides is 1. The van der Waals surface area contributed by atoms with E-state index in [0.29, 0.717) is 12.6 Å². The summed E-state index contributed by atoms with van der Waals surface area (Å²) in [6, 6.07) is 2.46. The first-order valence-electron chi connectivity index (χ1n) is 9.22. The highest BCUT2D eigenvalue weighted by molar-refractivity contribution is 7.89. The lowest BCUT2D eigenvalue weighted by molar-refractivity contribution is -0.139. The van der Waals surface area contributed by atoms with Gasteiger partial charge in [0.25, 0.3) is 0 Å². The molecule has 1 aliphatic rings. The van der Waals surface area contributed by atoms with E-state index in [1.807, 2.05) is 11.6 Å². The van der Waals surface area contributed by atoms with Crippen molar-refractivity contribution in [2.75, 3.05) is 19.6 Å². The molecule has 1 aromatic rings. The van der Waals surface area contributed by atoms with Crippen molar-refractivity contribution >= 4 is 15.9 Å². The molecular formula is C18H26F3N3O3S. The van der Waals surface area contributed by atoms with Crippen LogP contribution >= 0.6 is 0 Å². The Bertz CT molecular complexity index is 778. The average Bonchev–Trinajstić information content (AvgIpc) is 2.61.